The van der Waals surface area contributed by atoms with Crippen molar-refractivity contribution in [2.24, 2.45) is 5.92 Å². The Hall–Kier alpha value is -1.06. The Bertz CT molecular complexity index is 398. The van der Waals surface area contributed by atoms with Gasteiger partial charge in [-0.05, 0) is 44.7 Å². The molecular formula is C18H29NO2. The highest BCUT2D eigenvalue weighted by Crippen LogP contribution is 2.26. The van der Waals surface area contributed by atoms with E-state index in [0.29, 0.717) is 19.2 Å². The third-order valence-electron chi connectivity index (χ3n) is 4.50. The number of aliphatic hydroxyl groups excluding tert-OH is 1. The van der Waals surface area contributed by atoms with Gasteiger partial charge in [-0.2, -0.15) is 0 Å². The van der Waals surface area contributed by atoms with E-state index in [9.17, 15) is 5.11 Å². The zero-order valence-electron chi connectivity index (χ0n) is 13.3. The molecule has 21 heavy (non-hydrogen) atoms. The smallest absolute Gasteiger partial charge is 0.119 e. The summed E-state index contributed by atoms with van der Waals surface area (Å²) >= 11 is 0. The molecule has 1 aliphatic carbocycles. The highest BCUT2D eigenvalue weighted by Gasteiger charge is 2.20. The minimum Gasteiger partial charge on any atom is -0.491 e. The van der Waals surface area contributed by atoms with Crippen molar-refractivity contribution in [2.45, 2.75) is 58.1 Å². The Morgan fingerprint density at radius 2 is 1.86 bits per heavy atom. The molecule has 0 radical (unpaired) electrons. The van der Waals surface area contributed by atoms with Gasteiger partial charge in [0.15, 0.2) is 0 Å². The summed E-state index contributed by atoms with van der Waals surface area (Å²) in [5.74, 6) is 1.59. The van der Waals surface area contributed by atoms with Gasteiger partial charge in [0.05, 0.1) is 0 Å². The van der Waals surface area contributed by atoms with Crippen LogP contribution in [0.25, 0.3) is 0 Å². The van der Waals surface area contributed by atoms with Gasteiger partial charge in [-0.15, -0.1) is 0 Å². The van der Waals surface area contributed by atoms with E-state index in [1.54, 1.807) is 0 Å². The van der Waals surface area contributed by atoms with Crippen LogP contribution in [0.15, 0.2) is 24.3 Å². The van der Waals surface area contributed by atoms with Crippen molar-refractivity contribution in [2.75, 3.05) is 13.2 Å². The lowest BCUT2D eigenvalue weighted by Crippen LogP contribution is -2.40. The van der Waals surface area contributed by atoms with Crippen LogP contribution in [0.1, 0.15) is 44.6 Å². The third-order valence-corrected chi connectivity index (χ3v) is 4.50. The fourth-order valence-electron chi connectivity index (χ4n) is 3.01. The fraction of sp³-hybridized carbons (Fsp3) is 0.667. The quantitative estimate of drug-likeness (QED) is 0.810. The summed E-state index contributed by atoms with van der Waals surface area (Å²) in [6.07, 6.45) is 6.29. The normalized spacial score (nSPS) is 19.2. The van der Waals surface area contributed by atoms with Crippen molar-refractivity contribution in [1.82, 2.24) is 5.32 Å². The Balaban J connectivity index is 1.64. The second-order valence-corrected chi connectivity index (χ2v) is 6.37. The number of aliphatic hydroxyl groups is 1. The van der Waals surface area contributed by atoms with E-state index < -0.39 is 6.10 Å². The lowest BCUT2D eigenvalue weighted by molar-refractivity contribution is 0.100. The molecule has 0 heterocycles. The van der Waals surface area contributed by atoms with E-state index in [2.05, 4.69) is 19.2 Å². The van der Waals surface area contributed by atoms with Crippen LogP contribution in [0.4, 0.5) is 0 Å². The molecule has 1 aromatic carbocycles. The Morgan fingerprint density at radius 1 is 1.19 bits per heavy atom. The Kier molecular flexibility index (Phi) is 6.52. The molecule has 3 nitrogen and oxygen atoms in total. The molecule has 2 atom stereocenters. The first-order valence-electron chi connectivity index (χ1n) is 8.26. The number of nitrogens with one attached hydrogen (secondary N) is 1. The minimum absolute atomic E-state index is 0.341. The van der Waals surface area contributed by atoms with Gasteiger partial charge in [0.1, 0.15) is 18.5 Å². The van der Waals surface area contributed by atoms with Crippen molar-refractivity contribution >= 4 is 0 Å². The standard InChI is InChI=1S/C18H29NO2/c1-14-8-10-18(11-9-14)21-13-17(20)12-19-15(2)16-6-4-3-5-7-16/h8-11,15-17,19-20H,3-7,12-13H2,1-2H3/t15-,17?/m0/s1. The van der Waals surface area contributed by atoms with Crippen molar-refractivity contribution in [1.29, 1.82) is 0 Å². The minimum atomic E-state index is -0.461. The molecule has 1 fully saturated rings. The van der Waals surface area contributed by atoms with Crippen molar-refractivity contribution < 1.29 is 9.84 Å². The molecule has 1 unspecified atom stereocenters. The van der Waals surface area contributed by atoms with Crippen molar-refractivity contribution in [3.05, 3.63) is 29.8 Å². The summed E-state index contributed by atoms with van der Waals surface area (Å²) in [5, 5.41) is 13.5. The van der Waals surface area contributed by atoms with Crippen LogP contribution in [0.5, 0.6) is 5.75 Å². The molecule has 0 aromatic heterocycles. The average molecular weight is 291 g/mol. The molecule has 118 valence electrons. The average Bonchev–Trinajstić information content (AvgIpc) is 2.53. The van der Waals surface area contributed by atoms with Crippen LogP contribution in [-0.4, -0.2) is 30.4 Å². The van der Waals surface area contributed by atoms with Gasteiger partial charge >= 0.3 is 0 Å². The first kappa shape index (κ1) is 16.3. The molecule has 0 bridgehead atoms. The first-order valence-corrected chi connectivity index (χ1v) is 8.26. The van der Waals surface area contributed by atoms with E-state index in [1.807, 2.05) is 24.3 Å². The summed E-state index contributed by atoms with van der Waals surface area (Å²) in [4.78, 5) is 0. The predicted molar refractivity (Wildman–Crippen MR) is 86.7 cm³/mol. The Morgan fingerprint density at radius 3 is 2.52 bits per heavy atom. The molecule has 0 aliphatic heterocycles. The van der Waals surface area contributed by atoms with Crippen LogP contribution in [0.2, 0.25) is 0 Å². The maximum absolute atomic E-state index is 10.0. The summed E-state index contributed by atoms with van der Waals surface area (Å²) in [7, 11) is 0. The monoisotopic (exact) mass is 291 g/mol. The van der Waals surface area contributed by atoms with Crippen LogP contribution < -0.4 is 10.1 Å². The molecule has 1 saturated carbocycles. The third kappa shape index (κ3) is 5.68. The number of hydrogen-bond acceptors (Lipinski definition) is 3. The molecule has 3 heteroatoms. The van der Waals surface area contributed by atoms with E-state index in [0.717, 1.165) is 11.7 Å². The fourth-order valence-corrected chi connectivity index (χ4v) is 3.01. The molecule has 0 amide bonds. The highest BCUT2D eigenvalue weighted by atomic mass is 16.5. The highest BCUT2D eigenvalue weighted by molar-refractivity contribution is 5.26. The Labute approximate surface area is 128 Å². The van der Waals surface area contributed by atoms with E-state index in [-0.39, 0.29) is 0 Å². The maximum Gasteiger partial charge on any atom is 0.119 e. The zero-order valence-corrected chi connectivity index (χ0v) is 13.3. The summed E-state index contributed by atoms with van der Waals surface area (Å²) in [6, 6.07) is 8.41. The molecule has 1 aromatic rings. The molecule has 1 aliphatic rings. The lowest BCUT2D eigenvalue weighted by atomic mass is 9.84. The van der Waals surface area contributed by atoms with Gasteiger partial charge in [0.25, 0.3) is 0 Å². The van der Waals surface area contributed by atoms with Gasteiger partial charge in [-0.25, -0.2) is 0 Å². The van der Waals surface area contributed by atoms with Gasteiger partial charge in [0, 0.05) is 12.6 Å². The van der Waals surface area contributed by atoms with Gasteiger partial charge in [-0.3, -0.25) is 0 Å². The topological polar surface area (TPSA) is 41.5 Å². The lowest BCUT2D eigenvalue weighted by Gasteiger charge is -2.29. The molecule has 0 saturated heterocycles. The summed E-state index contributed by atoms with van der Waals surface area (Å²) in [6.45, 7) is 5.23. The van der Waals surface area contributed by atoms with E-state index in [4.69, 9.17) is 4.74 Å². The molecular weight excluding hydrogens is 262 g/mol. The van der Waals surface area contributed by atoms with Crippen LogP contribution in [0.3, 0.4) is 0 Å². The maximum atomic E-state index is 10.0. The van der Waals surface area contributed by atoms with Crippen LogP contribution in [-0.2, 0) is 0 Å². The molecule has 2 N–H and O–H groups in total. The van der Waals surface area contributed by atoms with Crippen LogP contribution >= 0.6 is 0 Å². The summed E-state index contributed by atoms with van der Waals surface area (Å²) in [5.41, 5.74) is 1.21. The SMILES string of the molecule is Cc1ccc(OCC(O)CN[C@@H](C)C2CCCCC2)cc1. The van der Waals surface area contributed by atoms with Gasteiger partial charge in [-0.1, -0.05) is 37.0 Å². The number of benzene rings is 1. The number of hydrogen-bond donors (Lipinski definition) is 2. The number of rotatable bonds is 7. The largest absolute Gasteiger partial charge is 0.491 e. The predicted octanol–water partition coefficient (Wildman–Crippen LogP) is 3.29. The second-order valence-electron chi connectivity index (χ2n) is 6.37. The van der Waals surface area contributed by atoms with E-state index >= 15 is 0 Å². The number of ether oxygens (including phenoxy) is 1. The first-order chi connectivity index (χ1) is 10.1. The zero-order chi connectivity index (χ0) is 15.1. The van der Waals surface area contributed by atoms with Crippen molar-refractivity contribution in [3.63, 3.8) is 0 Å². The second kappa shape index (κ2) is 8.40. The van der Waals surface area contributed by atoms with Gasteiger partial charge in [0.2, 0.25) is 0 Å². The molecule has 0 spiro atoms. The van der Waals surface area contributed by atoms with Crippen LogP contribution in [0, 0.1) is 12.8 Å². The van der Waals surface area contributed by atoms with E-state index in [1.165, 1.54) is 37.7 Å². The molecule has 2 rings (SSSR count). The van der Waals surface area contributed by atoms with Gasteiger partial charge < -0.3 is 15.2 Å². The summed E-state index contributed by atoms with van der Waals surface area (Å²) < 4.78 is 5.61. The number of aryl methyl sites for hydroxylation is 1. The van der Waals surface area contributed by atoms with Crippen molar-refractivity contribution in [3.8, 4) is 5.75 Å².